The normalized spacial score (nSPS) is 14.3. The fourth-order valence-electron chi connectivity index (χ4n) is 3.03. The fraction of sp³-hybridized carbons (Fsp3) is 0.316. The lowest BCUT2D eigenvalue weighted by Gasteiger charge is -2.26. The van der Waals surface area contributed by atoms with Gasteiger partial charge in [-0.15, -0.1) is 0 Å². The standard InChI is InChI=1S/C19H20N4O2/c1-23-18-16(11-20-23)15(19(24)21-13-4-3-5-13)10-17(22-18)12-6-8-14(25-2)9-7-12/h6-11,13H,3-5H2,1-2H3,(H,21,24). The van der Waals surface area contributed by atoms with Crippen LogP contribution in [0.4, 0.5) is 0 Å². The van der Waals surface area contributed by atoms with Crippen molar-refractivity contribution in [2.24, 2.45) is 7.05 Å². The largest absolute Gasteiger partial charge is 0.497 e. The van der Waals surface area contributed by atoms with Crippen LogP contribution in [0.3, 0.4) is 0 Å². The number of benzene rings is 1. The monoisotopic (exact) mass is 336 g/mol. The highest BCUT2D eigenvalue weighted by molar-refractivity contribution is 6.06. The van der Waals surface area contributed by atoms with E-state index in [0.29, 0.717) is 11.2 Å². The zero-order chi connectivity index (χ0) is 17.4. The van der Waals surface area contributed by atoms with Crippen LogP contribution in [0, 0.1) is 0 Å². The van der Waals surface area contributed by atoms with E-state index in [0.717, 1.165) is 35.2 Å². The van der Waals surface area contributed by atoms with Crippen molar-refractivity contribution in [1.29, 1.82) is 0 Å². The van der Waals surface area contributed by atoms with E-state index in [2.05, 4.69) is 10.4 Å². The summed E-state index contributed by atoms with van der Waals surface area (Å²) in [4.78, 5) is 17.5. The summed E-state index contributed by atoms with van der Waals surface area (Å²) in [7, 11) is 3.47. The molecular weight excluding hydrogens is 316 g/mol. The molecule has 1 saturated carbocycles. The van der Waals surface area contributed by atoms with Crippen LogP contribution < -0.4 is 10.1 Å². The van der Waals surface area contributed by atoms with E-state index in [9.17, 15) is 4.79 Å². The van der Waals surface area contributed by atoms with Crippen molar-refractivity contribution in [3.63, 3.8) is 0 Å². The summed E-state index contributed by atoms with van der Waals surface area (Å²) in [6.07, 6.45) is 4.99. The lowest BCUT2D eigenvalue weighted by atomic mass is 9.93. The van der Waals surface area contributed by atoms with Gasteiger partial charge in [-0.25, -0.2) is 4.98 Å². The third kappa shape index (κ3) is 2.84. The molecule has 0 bridgehead atoms. The van der Waals surface area contributed by atoms with Gasteiger partial charge in [0.05, 0.1) is 30.0 Å². The number of carbonyl (C=O) groups excluding carboxylic acids is 1. The van der Waals surface area contributed by atoms with Crippen LogP contribution in [-0.2, 0) is 7.05 Å². The van der Waals surface area contributed by atoms with E-state index in [4.69, 9.17) is 9.72 Å². The van der Waals surface area contributed by atoms with Crippen LogP contribution in [0.2, 0.25) is 0 Å². The van der Waals surface area contributed by atoms with Crippen LogP contribution in [0.1, 0.15) is 29.6 Å². The van der Waals surface area contributed by atoms with Crippen molar-refractivity contribution in [3.05, 3.63) is 42.1 Å². The molecule has 2 aromatic heterocycles. The number of rotatable bonds is 4. The average molecular weight is 336 g/mol. The van der Waals surface area contributed by atoms with Crippen molar-refractivity contribution in [2.45, 2.75) is 25.3 Å². The first-order chi connectivity index (χ1) is 12.2. The number of methoxy groups -OCH3 is 1. The van der Waals surface area contributed by atoms with Crippen molar-refractivity contribution < 1.29 is 9.53 Å². The van der Waals surface area contributed by atoms with E-state index in [-0.39, 0.29) is 11.9 Å². The van der Waals surface area contributed by atoms with Crippen molar-refractivity contribution in [1.82, 2.24) is 20.1 Å². The van der Waals surface area contributed by atoms with Crippen LogP contribution in [0.15, 0.2) is 36.5 Å². The highest BCUT2D eigenvalue weighted by atomic mass is 16.5. The number of aromatic nitrogens is 3. The Morgan fingerprint density at radius 1 is 1.28 bits per heavy atom. The van der Waals surface area contributed by atoms with Gasteiger partial charge in [0.15, 0.2) is 5.65 Å². The smallest absolute Gasteiger partial charge is 0.252 e. The van der Waals surface area contributed by atoms with Gasteiger partial charge in [0.1, 0.15) is 5.75 Å². The van der Waals surface area contributed by atoms with Gasteiger partial charge in [-0.3, -0.25) is 9.48 Å². The number of nitrogens with zero attached hydrogens (tertiary/aromatic N) is 3. The number of hydrogen-bond donors (Lipinski definition) is 1. The number of nitrogens with one attached hydrogen (secondary N) is 1. The second kappa shape index (κ2) is 6.20. The molecule has 1 amide bonds. The summed E-state index contributed by atoms with van der Waals surface area (Å²) in [6.45, 7) is 0. The zero-order valence-corrected chi connectivity index (χ0v) is 14.3. The predicted molar refractivity (Wildman–Crippen MR) is 95.6 cm³/mol. The summed E-state index contributed by atoms with van der Waals surface area (Å²) in [5.74, 6) is 0.730. The van der Waals surface area contributed by atoms with E-state index in [1.807, 2.05) is 37.4 Å². The molecule has 0 radical (unpaired) electrons. The molecule has 0 spiro atoms. The molecule has 128 valence electrons. The molecule has 0 aliphatic heterocycles. The number of fused-ring (bicyclic) bond motifs is 1. The molecular formula is C19H20N4O2. The molecule has 25 heavy (non-hydrogen) atoms. The summed E-state index contributed by atoms with van der Waals surface area (Å²) in [6, 6.07) is 9.79. The number of amides is 1. The maximum atomic E-state index is 12.8. The van der Waals surface area contributed by atoms with E-state index >= 15 is 0 Å². The molecule has 1 aromatic carbocycles. The van der Waals surface area contributed by atoms with Gasteiger partial charge >= 0.3 is 0 Å². The molecule has 1 aliphatic rings. The third-order valence-electron chi connectivity index (χ3n) is 4.78. The molecule has 3 aromatic rings. The molecule has 0 unspecified atom stereocenters. The Balaban J connectivity index is 1.78. The van der Waals surface area contributed by atoms with Gasteiger partial charge in [-0.1, -0.05) is 0 Å². The average Bonchev–Trinajstić information content (AvgIpc) is 2.98. The minimum Gasteiger partial charge on any atom is -0.497 e. The van der Waals surface area contributed by atoms with Gasteiger partial charge in [0, 0.05) is 18.7 Å². The van der Waals surface area contributed by atoms with Crippen LogP contribution in [-0.4, -0.2) is 33.8 Å². The third-order valence-corrected chi connectivity index (χ3v) is 4.78. The van der Waals surface area contributed by atoms with Crippen LogP contribution in [0.5, 0.6) is 5.75 Å². The highest BCUT2D eigenvalue weighted by Gasteiger charge is 2.23. The Kier molecular flexibility index (Phi) is 3.87. The Hall–Kier alpha value is -2.89. The van der Waals surface area contributed by atoms with Crippen LogP contribution >= 0.6 is 0 Å². The van der Waals surface area contributed by atoms with Crippen molar-refractivity contribution >= 4 is 16.9 Å². The molecule has 6 heteroatoms. The molecule has 4 rings (SSSR count). The Morgan fingerprint density at radius 2 is 2.04 bits per heavy atom. The number of ether oxygens (including phenoxy) is 1. The molecule has 1 aliphatic carbocycles. The summed E-state index contributed by atoms with van der Waals surface area (Å²) >= 11 is 0. The highest BCUT2D eigenvalue weighted by Crippen LogP contribution is 2.27. The molecule has 0 saturated heterocycles. The van der Waals surface area contributed by atoms with Gasteiger partial charge in [-0.05, 0) is 49.6 Å². The van der Waals surface area contributed by atoms with E-state index < -0.39 is 0 Å². The quantitative estimate of drug-likeness (QED) is 0.795. The van der Waals surface area contributed by atoms with Gasteiger partial charge < -0.3 is 10.1 Å². The van der Waals surface area contributed by atoms with E-state index in [1.54, 1.807) is 18.0 Å². The number of carbonyl (C=O) groups is 1. The summed E-state index contributed by atoms with van der Waals surface area (Å²) < 4.78 is 6.90. The number of pyridine rings is 1. The van der Waals surface area contributed by atoms with Crippen LogP contribution in [0.25, 0.3) is 22.3 Å². The van der Waals surface area contributed by atoms with Gasteiger partial charge in [-0.2, -0.15) is 5.10 Å². The predicted octanol–water partition coefficient (Wildman–Crippen LogP) is 2.93. The number of hydrogen-bond acceptors (Lipinski definition) is 4. The molecule has 6 nitrogen and oxygen atoms in total. The Bertz CT molecular complexity index is 926. The summed E-state index contributed by atoms with van der Waals surface area (Å²) in [5.41, 5.74) is 3.00. The first-order valence-corrected chi connectivity index (χ1v) is 8.44. The molecule has 2 heterocycles. The maximum absolute atomic E-state index is 12.8. The summed E-state index contributed by atoms with van der Waals surface area (Å²) in [5, 5.41) is 8.15. The van der Waals surface area contributed by atoms with Gasteiger partial charge in [0.2, 0.25) is 0 Å². The van der Waals surface area contributed by atoms with E-state index in [1.165, 1.54) is 6.42 Å². The Labute approximate surface area is 145 Å². The van der Waals surface area contributed by atoms with Crippen molar-refractivity contribution in [3.8, 4) is 17.0 Å². The Morgan fingerprint density at radius 3 is 2.68 bits per heavy atom. The number of aryl methyl sites for hydroxylation is 1. The minimum absolute atomic E-state index is 0.0557. The molecule has 0 atom stereocenters. The lowest BCUT2D eigenvalue weighted by Crippen LogP contribution is -2.39. The lowest BCUT2D eigenvalue weighted by molar-refractivity contribution is 0.0918. The molecule has 1 fully saturated rings. The zero-order valence-electron chi connectivity index (χ0n) is 14.3. The van der Waals surface area contributed by atoms with Gasteiger partial charge in [0.25, 0.3) is 5.91 Å². The first-order valence-electron chi connectivity index (χ1n) is 8.44. The second-order valence-electron chi connectivity index (χ2n) is 6.39. The first kappa shape index (κ1) is 15.6. The topological polar surface area (TPSA) is 69.0 Å². The maximum Gasteiger partial charge on any atom is 0.252 e. The van der Waals surface area contributed by atoms with Crippen molar-refractivity contribution in [2.75, 3.05) is 7.11 Å². The SMILES string of the molecule is COc1ccc(-c2cc(C(=O)NC3CCC3)c3cnn(C)c3n2)cc1. The fourth-order valence-corrected chi connectivity index (χ4v) is 3.03. The minimum atomic E-state index is -0.0557. The second-order valence-corrected chi connectivity index (χ2v) is 6.39. The molecule has 1 N–H and O–H groups in total.